The van der Waals surface area contributed by atoms with Crippen LogP contribution in [0.15, 0.2) is 52.2 Å². The molecule has 8 heteroatoms. The zero-order valence-corrected chi connectivity index (χ0v) is 13.0. The predicted octanol–water partition coefficient (Wildman–Crippen LogP) is 2.24. The quantitative estimate of drug-likeness (QED) is 0.618. The lowest BCUT2D eigenvalue weighted by molar-refractivity contribution is 0.450. The minimum absolute atomic E-state index is 0.0671. The van der Waals surface area contributed by atoms with Crippen LogP contribution in [-0.2, 0) is 9.84 Å². The zero-order valence-electron chi connectivity index (χ0n) is 11.4. The van der Waals surface area contributed by atoms with Crippen molar-refractivity contribution in [3.8, 4) is 0 Å². The van der Waals surface area contributed by atoms with Crippen molar-refractivity contribution in [1.29, 1.82) is 0 Å². The number of nitrogens with one attached hydrogen (secondary N) is 2. The summed E-state index contributed by atoms with van der Waals surface area (Å²) in [5.41, 5.74) is 7.64. The number of aromatic nitrogens is 1. The number of benzene rings is 1. The number of fused-ring (bicyclic) bond motifs is 1. The summed E-state index contributed by atoms with van der Waals surface area (Å²) in [4.78, 5) is 3.34. The highest BCUT2D eigenvalue weighted by molar-refractivity contribution is 7.91. The van der Waals surface area contributed by atoms with Crippen molar-refractivity contribution in [2.24, 2.45) is 5.73 Å². The highest BCUT2D eigenvalue weighted by Gasteiger charge is 2.17. The van der Waals surface area contributed by atoms with Crippen molar-refractivity contribution in [1.82, 2.24) is 4.98 Å². The molecular formula is C14H13N3O3S2. The number of H-pyrrole nitrogens is 1. The van der Waals surface area contributed by atoms with Crippen LogP contribution >= 0.6 is 12.2 Å². The summed E-state index contributed by atoms with van der Waals surface area (Å²) in [5, 5.41) is 3.73. The Morgan fingerprint density at radius 3 is 2.82 bits per heavy atom. The van der Waals surface area contributed by atoms with E-state index in [4.69, 9.17) is 22.4 Å². The number of sulfone groups is 1. The minimum Gasteiger partial charge on any atom is -0.453 e. The standard InChI is InChI=1S/C14H13N3O3S2/c15-14(21)11-7-9-3-1-4-10(13(9)17-11)16-8-22(18,19)12-5-2-6-20-12/h1-7,16-17H,8H2,(H2,15,21). The number of aromatic amines is 1. The lowest BCUT2D eigenvalue weighted by atomic mass is 10.2. The Morgan fingerprint density at radius 2 is 2.14 bits per heavy atom. The summed E-state index contributed by atoms with van der Waals surface area (Å²) in [6, 6.07) is 10.3. The van der Waals surface area contributed by atoms with Gasteiger partial charge in [0.1, 0.15) is 10.9 Å². The maximum absolute atomic E-state index is 12.1. The molecule has 0 saturated heterocycles. The second-order valence-corrected chi connectivity index (χ2v) is 7.05. The monoisotopic (exact) mass is 335 g/mol. The van der Waals surface area contributed by atoms with Crippen molar-refractivity contribution >= 4 is 43.6 Å². The molecule has 2 aromatic heterocycles. The lowest BCUT2D eigenvalue weighted by Gasteiger charge is -2.07. The molecule has 3 aromatic rings. The van der Waals surface area contributed by atoms with Gasteiger partial charge in [-0.1, -0.05) is 24.4 Å². The molecule has 4 N–H and O–H groups in total. The Morgan fingerprint density at radius 1 is 1.32 bits per heavy atom. The van der Waals surface area contributed by atoms with Crippen LogP contribution in [-0.4, -0.2) is 24.3 Å². The highest BCUT2D eigenvalue weighted by Crippen LogP contribution is 2.24. The Hall–Kier alpha value is -2.32. The van der Waals surface area contributed by atoms with Crippen molar-refractivity contribution in [3.05, 3.63) is 48.4 Å². The van der Waals surface area contributed by atoms with E-state index in [9.17, 15) is 8.42 Å². The van der Waals surface area contributed by atoms with Gasteiger partial charge in [0.05, 0.1) is 23.2 Å². The van der Waals surface area contributed by atoms with Crippen LogP contribution in [0.2, 0.25) is 0 Å². The fraction of sp³-hybridized carbons (Fsp3) is 0.0714. The average Bonchev–Trinajstić information content (AvgIpc) is 3.14. The molecule has 0 saturated carbocycles. The molecule has 0 fully saturated rings. The second kappa shape index (κ2) is 5.47. The van der Waals surface area contributed by atoms with E-state index in [0.717, 1.165) is 10.9 Å². The van der Waals surface area contributed by atoms with E-state index in [2.05, 4.69) is 10.3 Å². The van der Waals surface area contributed by atoms with Crippen LogP contribution < -0.4 is 11.1 Å². The number of nitrogens with two attached hydrogens (primary N) is 1. The fourth-order valence-electron chi connectivity index (χ4n) is 2.12. The first kappa shape index (κ1) is 14.6. The van der Waals surface area contributed by atoms with Gasteiger partial charge in [-0.2, -0.15) is 0 Å². The van der Waals surface area contributed by atoms with Gasteiger partial charge >= 0.3 is 0 Å². The third-order valence-electron chi connectivity index (χ3n) is 3.18. The largest absolute Gasteiger partial charge is 0.453 e. The molecule has 22 heavy (non-hydrogen) atoms. The van der Waals surface area contributed by atoms with Crippen LogP contribution in [0.4, 0.5) is 5.69 Å². The van der Waals surface area contributed by atoms with Gasteiger partial charge in [0.2, 0.25) is 14.9 Å². The number of rotatable bonds is 5. The average molecular weight is 335 g/mol. The van der Waals surface area contributed by atoms with E-state index < -0.39 is 9.84 Å². The molecule has 0 atom stereocenters. The van der Waals surface area contributed by atoms with Crippen LogP contribution in [0.3, 0.4) is 0 Å². The molecule has 2 heterocycles. The SMILES string of the molecule is NC(=S)c1cc2cccc(NCS(=O)(=O)c3ccco3)c2[nH]1. The first-order chi connectivity index (χ1) is 10.5. The summed E-state index contributed by atoms with van der Waals surface area (Å²) in [6.45, 7) is 0. The van der Waals surface area contributed by atoms with E-state index in [1.807, 2.05) is 18.2 Å². The summed E-state index contributed by atoms with van der Waals surface area (Å²) < 4.78 is 29.2. The topological polar surface area (TPSA) is 101 Å². The summed E-state index contributed by atoms with van der Waals surface area (Å²) >= 11 is 4.94. The third-order valence-corrected chi connectivity index (χ3v) is 4.77. The second-order valence-electron chi connectivity index (χ2n) is 4.69. The fourth-order valence-corrected chi connectivity index (χ4v) is 3.21. The van der Waals surface area contributed by atoms with E-state index in [-0.39, 0.29) is 16.0 Å². The molecule has 6 nitrogen and oxygen atoms in total. The number of furan rings is 1. The van der Waals surface area contributed by atoms with Crippen molar-refractivity contribution in [2.45, 2.75) is 5.09 Å². The molecule has 0 aliphatic heterocycles. The number of thiocarbonyl (C=S) groups is 1. The molecule has 1 aromatic carbocycles. The Balaban J connectivity index is 1.90. The van der Waals surface area contributed by atoms with Crippen LogP contribution in [0.1, 0.15) is 5.69 Å². The summed E-state index contributed by atoms with van der Waals surface area (Å²) in [6.07, 6.45) is 1.33. The van der Waals surface area contributed by atoms with Crippen LogP contribution in [0.5, 0.6) is 0 Å². The predicted molar refractivity (Wildman–Crippen MR) is 88.6 cm³/mol. The molecule has 0 spiro atoms. The molecule has 0 radical (unpaired) electrons. The number of hydrogen-bond donors (Lipinski definition) is 3. The number of para-hydroxylation sites is 1. The van der Waals surface area contributed by atoms with Crippen LogP contribution in [0, 0.1) is 0 Å². The number of anilines is 1. The van der Waals surface area contributed by atoms with Gasteiger partial charge in [-0.3, -0.25) is 0 Å². The molecular weight excluding hydrogens is 322 g/mol. The Kier molecular flexibility index (Phi) is 3.63. The van der Waals surface area contributed by atoms with Crippen molar-refractivity contribution < 1.29 is 12.8 Å². The maximum Gasteiger partial charge on any atom is 0.229 e. The Bertz CT molecular complexity index is 928. The third kappa shape index (κ3) is 2.70. The Labute approximate surface area is 132 Å². The molecule has 0 amide bonds. The first-order valence-electron chi connectivity index (χ1n) is 6.39. The van der Waals surface area contributed by atoms with Gasteiger partial charge in [-0.05, 0) is 24.3 Å². The van der Waals surface area contributed by atoms with E-state index in [0.29, 0.717) is 11.4 Å². The van der Waals surface area contributed by atoms with Gasteiger partial charge in [-0.15, -0.1) is 0 Å². The molecule has 114 valence electrons. The van der Waals surface area contributed by atoms with Gasteiger partial charge in [0, 0.05) is 5.39 Å². The smallest absolute Gasteiger partial charge is 0.229 e. The summed E-state index contributed by atoms with van der Waals surface area (Å²) in [5.74, 6) is -0.277. The molecule has 3 rings (SSSR count). The van der Waals surface area contributed by atoms with Gasteiger partial charge in [-0.25, -0.2) is 8.42 Å². The minimum atomic E-state index is -3.54. The molecule has 0 bridgehead atoms. The van der Waals surface area contributed by atoms with Gasteiger partial charge in [0.25, 0.3) is 0 Å². The number of hydrogen-bond acceptors (Lipinski definition) is 5. The molecule has 0 aliphatic rings. The summed E-state index contributed by atoms with van der Waals surface area (Å²) in [7, 11) is -3.54. The van der Waals surface area contributed by atoms with Gasteiger partial charge in [0.15, 0.2) is 0 Å². The van der Waals surface area contributed by atoms with E-state index in [1.54, 1.807) is 6.07 Å². The van der Waals surface area contributed by atoms with Crippen molar-refractivity contribution in [2.75, 3.05) is 11.2 Å². The van der Waals surface area contributed by atoms with Gasteiger partial charge < -0.3 is 20.5 Å². The normalized spacial score (nSPS) is 11.6. The lowest BCUT2D eigenvalue weighted by Crippen LogP contribution is -2.14. The van der Waals surface area contributed by atoms with E-state index >= 15 is 0 Å². The van der Waals surface area contributed by atoms with Crippen molar-refractivity contribution in [3.63, 3.8) is 0 Å². The van der Waals surface area contributed by atoms with Crippen LogP contribution in [0.25, 0.3) is 10.9 Å². The van der Waals surface area contributed by atoms with E-state index in [1.165, 1.54) is 18.4 Å². The molecule has 0 unspecified atom stereocenters. The highest BCUT2D eigenvalue weighted by atomic mass is 32.2. The zero-order chi connectivity index (χ0) is 15.7. The first-order valence-corrected chi connectivity index (χ1v) is 8.45. The maximum atomic E-state index is 12.1. The molecule has 0 aliphatic carbocycles.